The van der Waals surface area contributed by atoms with Crippen LogP contribution in [0, 0.1) is 11.3 Å². The predicted octanol–water partition coefficient (Wildman–Crippen LogP) is 2.61. The molecule has 0 aliphatic carbocycles. The first-order valence-electron chi connectivity index (χ1n) is 7.41. The van der Waals surface area contributed by atoms with Gasteiger partial charge in [0.25, 0.3) is 0 Å². The van der Waals surface area contributed by atoms with Crippen molar-refractivity contribution in [3.05, 3.63) is 23.8 Å². The van der Waals surface area contributed by atoms with Gasteiger partial charge < -0.3 is 10.1 Å². The normalized spacial score (nSPS) is 25.8. The summed E-state index contributed by atoms with van der Waals surface area (Å²) in [5.74, 6) is 0.762. The zero-order valence-corrected chi connectivity index (χ0v) is 11.9. The number of nitrogens with zero attached hydrogens (tertiary/aromatic N) is 2. The van der Waals surface area contributed by atoms with E-state index in [2.05, 4.69) is 16.3 Å². The first-order chi connectivity index (χ1) is 9.83. The molecular formula is C16H21N3O. The Labute approximate surface area is 120 Å². The lowest BCUT2D eigenvalue weighted by Gasteiger charge is -2.33. The molecule has 1 aromatic rings. The van der Waals surface area contributed by atoms with Gasteiger partial charge in [-0.3, -0.25) is 4.90 Å². The molecule has 0 aromatic heterocycles. The standard InChI is InChI=1S/C16H21N3O/c1-20-15-7-4-5-12(11-17)16(15)18-13-8-10-19-9-3-2-6-14(13)19/h4-5,7,13-14,18H,2-3,6,8-10H2,1H3. The van der Waals surface area contributed by atoms with Gasteiger partial charge in [0.1, 0.15) is 11.8 Å². The van der Waals surface area contributed by atoms with E-state index >= 15 is 0 Å². The maximum Gasteiger partial charge on any atom is 0.143 e. The lowest BCUT2D eigenvalue weighted by atomic mass is 9.98. The highest BCUT2D eigenvalue weighted by Crippen LogP contribution is 2.34. The van der Waals surface area contributed by atoms with Gasteiger partial charge in [-0.2, -0.15) is 5.26 Å². The number of nitrogens with one attached hydrogen (secondary N) is 1. The third-order valence-corrected chi connectivity index (χ3v) is 4.55. The van der Waals surface area contributed by atoms with E-state index in [1.54, 1.807) is 7.11 Å². The summed E-state index contributed by atoms with van der Waals surface area (Å²) in [6.45, 7) is 2.39. The number of benzene rings is 1. The highest BCUT2D eigenvalue weighted by molar-refractivity contribution is 5.67. The van der Waals surface area contributed by atoms with Crippen LogP contribution in [0.1, 0.15) is 31.2 Å². The van der Waals surface area contributed by atoms with E-state index in [0.717, 1.165) is 17.9 Å². The number of hydrogen-bond donors (Lipinski definition) is 1. The Balaban J connectivity index is 1.83. The lowest BCUT2D eigenvalue weighted by molar-refractivity contribution is 0.192. The zero-order valence-electron chi connectivity index (χ0n) is 11.9. The van der Waals surface area contributed by atoms with Gasteiger partial charge in [-0.25, -0.2) is 0 Å². The number of anilines is 1. The quantitative estimate of drug-likeness (QED) is 0.918. The molecule has 0 spiro atoms. The molecule has 2 fully saturated rings. The minimum atomic E-state index is 0.429. The van der Waals surface area contributed by atoms with Crippen LogP contribution in [0.15, 0.2) is 18.2 Å². The fourth-order valence-corrected chi connectivity index (χ4v) is 3.54. The van der Waals surface area contributed by atoms with Crippen molar-refractivity contribution in [1.82, 2.24) is 4.90 Å². The highest BCUT2D eigenvalue weighted by atomic mass is 16.5. The van der Waals surface area contributed by atoms with Crippen LogP contribution in [0.2, 0.25) is 0 Å². The monoisotopic (exact) mass is 271 g/mol. The molecule has 2 aliphatic rings. The molecule has 4 heteroatoms. The summed E-state index contributed by atoms with van der Waals surface area (Å²) in [4.78, 5) is 2.59. The fraction of sp³-hybridized carbons (Fsp3) is 0.562. The maximum absolute atomic E-state index is 9.29. The molecule has 4 nitrogen and oxygen atoms in total. The van der Waals surface area contributed by atoms with Crippen molar-refractivity contribution >= 4 is 5.69 Å². The molecule has 0 bridgehead atoms. The van der Waals surface area contributed by atoms with E-state index in [9.17, 15) is 5.26 Å². The minimum Gasteiger partial charge on any atom is -0.495 e. The van der Waals surface area contributed by atoms with Gasteiger partial charge >= 0.3 is 0 Å². The second kappa shape index (κ2) is 5.72. The predicted molar refractivity (Wildman–Crippen MR) is 78.9 cm³/mol. The van der Waals surface area contributed by atoms with Crippen molar-refractivity contribution in [2.24, 2.45) is 0 Å². The van der Waals surface area contributed by atoms with Gasteiger partial charge in [0.15, 0.2) is 0 Å². The number of piperidine rings is 1. The Morgan fingerprint density at radius 2 is 2.20 bits per heavy atom. The van der Waals surface area contributed by atoms with Crippen molar-refractivity contribution in [3.63, 3.8) is 0 Å². The average Bonchev–Trinajstić information content (AvgIpc) is 2.91. The molecule has 3 rings (SSSR count). The Morgan fingerprint density at radius 1 is 1.30 bits per heavy atom. The van der Waals surface area contributed by atoms with Gasteiger partial charge in [-0.15, -0.1) is 0 Å². The second-order valence-electron chi connectivity index (χ2n) is 5.63. The summed E-state index contributed by atoms with van der Waals surface area (Å²) in [5.41, 5.74) is 1.52. The third-order valence-electron chi connectivity index (χ3n) is 4.55. The molecule has 20 heavy (non-hydrogen) atoms. The Morgan fingerprint density at radius 3 is 3.00 bits per heavy atom. The minimum absolute atomic E-state index is 0.429. The SMILES string of the molecule is COc1cccc(C#N)c1NC1CCN2CCCCC12. The number of methoxy groups -OCH3 is 1. The summed E-state index contributed by atoms with van der Waals surface area (Å²) >= 11 is 0. The fourth-order valence-electron chi connectivity index (χ4n) is 3.54. The van der Waals surface area contributed by atoms with Gasteiger partial charge in [0, 0.05) is 18.6 Å². The molecule has 0 amide bonds. The van der Waals surface area contributed by atoms with Gasteiger partial charge in [0.2, 0.25) is 0 Å². The largest absolute Gasteiger partial charge is 0.495 e. The van der Waals surface area contributed by atoms with Gasteiger partial charge in [-0.05, 0) is 37.9 Å². The Kier molecular flexibility index (Phi) is 3.79. The van der Waals surface area contributed by atoms with Gasteiger partial charge in [0.05, 0.1) is 18.4 Å². The van der Waals surface area contributed by atoms with Crippen molar-refractivity contribution in [2.45, 2.75) is 37.8 Å². The topological polar surface area (TPSA) is 48.3 Å². The molecular weight excluding hydrogens is 250 g/mol. The summed E-state index contributed by atoms with van der Waals surface area (Å²) in [6.07, 6.45) is 5.04. The van der Waals surface area contributed by atoms with Crippen LogP contribution in [-0.2, 0) is 0 Å². The molecule has 0 radical (unpaired) electrons. The number of para-hydroxylation sites is 1. The van der Waals surface area contributed by atoms with Crippen LogP contribution in [0.25, 0.3) is 0 Å². The van der Waals surface area contributed by atoms with E-state index in [1.807, 2.05) is 18.2 Å². The molecule has 1 aromatic carbocycles. The third kappa shape index (κ3) is 2.34. The number of nitriles is 1. The van der Waals surface area contributed by atoms with Crippen LogP contribution >= 0.6 is 0 Å². The van der Waals surface area contributed by atoms with Crippen molar-refractivity contribution in [1.29, 1.82) is 5.26 Å². The van der Waals surface area contributed by atoms with E-state index in [4.69, 9.17) is 4.74 Å². The van der Waals surface area contributed by atoms with E-state index in [0.29, 0.717) is 17.6 Å². The first kappa shape index (κ1) is 13.3. The van der Waals surface area contributed by atoms with Gasteiger partial charge in [-0.1, -0.05) is 12.5 Å². The zero-order chi connectivity index (χ0) is 13.9. The molecule has 2 saturated heterocycles. The van der Waals surface area contributed by atoms with Crippen molar-refractivity contribution < 1.29 is 4.74 Å². The van der Waals surface area contributed by atoms with Crippen LogP contribution in [-0.4, -0.2) is 37.2 Å². The average molecular weight is 271 g/mol. The van der Waals surface area contributed by atoms with Crippen LogP contribution in [0.4, 0.5) is 5.69 Å². The van der Waals surface area contributed by atoms with E-state index in [1.165, 1.54) is 32.4 Å². The summed E-state index contributed by atoms with van der Waals surface area (Å²) in [5, 5.41) is 12.9. The van der Waals surface area contributed by atoms with E-state index in [-0.39, 0.29) is 0 Å². The summed E-state index contributed by atoms with van der Waals surface area (Å²) in [6, 6.07) is 8.93. The number of ether oxygens (including phenoxy) is 1. The van der Waals surface area contributed by atoms with Crippen molar-refractivity contribution in [3.8, 4) is 11.8 Å². The molecule has 2 unspecified atom stereocenters. The number of hydrogen-bond acceptors (Lipinski definition) is 4. The number of rotatable bonds is 3. The maximum atomic E-state index is 9.29. The summed E-state index contributed by atoms with van der Waals surface area (Å²) in [7, 11) is 1.66. The van der Waals surface area contributed by atoms with Crippen LogP contribution < -0.4 is 10.1 Å². The van der Waals surface area contributed by atoms with E-state index < -0.39 is 0 Å². The molecule has 2 atom stereocenters. The number of fused-ring (bicyclic) bond motifs is 1. The first-order valence-corrected chi connectivity index (χ1v) is 7.41. The second-order valence-corrected chi connectivity index (χ2v) is 5.63. The smallest absolute Gasteiger partial charge is 0.143 e. The highest BCUT2D eigenvalue weighted by Gasteiger charge is 2.35. The molecule has 106 valence electrons. The summed E-state index contributed by atoms with van der Waals surface area (Å²) < 4.78 is 5.41. The molecule has 2 heterocycles. The molecule has 1 N–H and O–H groups in total. The molecule has 2 aliphatic heterocycles. The van der Waals surface area contributed by atoms with Crippen LogP contribution in [0.5, 0.6) is 5.75 Å². The Hall–Kier alpha value is -1.73. The van der Waals surface area contributed by atoms with Crippen LogP contribution in [0.3, 0.4) is 0 Å². The Bertz CT molecular complexity index is 523. The lowest BCUT2D eigenvalue weighted by Crippen LogP contribution is -2.41. The van der Waals surface area contributed by atoms with Crippen molar-refractivity contribution in [2.75, 3.05) is 25.5 Å². The molecule has 0 saturated carbocycles.